The maximum Gasteiger partial charge on any atom is 0.250 e. The highest BCUT2D eigenvalue weighted by Gasteiger charge is 2.16. The molecule has 1 amide bonds. The number of furan rings is 1. The summed E-state index contributed by atoms with van der Waals surface area (Å²) < 4.78 is 17.7. The van der Waals surface area contributed by atoms with E-state index in [4.69, 9.17) is 13.9 Å². The second-order valence-corrected chi connectivity index (χ2v) is 6.66. The zero-order valence-electron chi connectivity index (χ0n) is 16.3. The Morgan fingerprint density at radius 2 is 2.10 bits per heavy atom. The van der Waals surface area contributed by atoms with Gasteiger partial charge in [-0.05, 0) is 37.3 Å². The summed E-state index contributed by atoms with van der Waals surface area (Å²) in [5, 5.41) is 13.0. The van der Waals surface area contributed by atoms with E-state index >= 15 is 0 Å². The van der Waals surface area contributed by atoms with E-state index in [0.717, 1.165) is 5.56 Å². The first-order chi connectivity index (χ1) is 14.2. The molecule has 29 heavy (non-hydrogen) atoms. The number of methoxy groups -OCH3 is 2. The van der Waals surface area contributed by atoms with Gasteiger partial charge in [0, 0.05) is 12.1 Å². The van der Waals surface area contributed by atoms with E-state index in [0.29, 0.717) is 34.8 Å². The van der Waals surface area contributed by atoms with Crippen LogP contribution in [-0.2, 0) is 11.3 Å². The highest BCUT2D eigenvalue weighted by Crippen LogP contribution is 2.32. The van der Waals surface area contributed by atoms with Gasteiger partial charge >= 0.3 is 0 Å². The molecule has 2 heterocycles. The van der Waals surface area contributed by atoms with Gasteiger partial charge in [0.15, 0.2) is 22.5 Å². The third kappa shape index (κ3) is 4.96. The van der Waals surface area contributed by atoms with Crippen LogP contribution in [0.3, 0.4) is 0 Å². The molecule has 3 rings (SSSR count). The first-order valence-electron chi connectivity index (χ1n) is 8.80. The Bertz CT molecular complexity index is 985. The molecule has 1 N–H and O–H groups in total. The molecular formula is C19H21N5O4S. The van der Waals surface area contributed by atoms with Crippen LogP contribution in [0.25, 0.3) is 11.4 Å². The summed E-state index contributed by atoms with van der Waals surface area (Å²) in [6.07, 6.45) is 2.97. The predicted octanol–water partition coefficient (Wildman–Crippen LogP) is 2.82. The first kappa shape index (κ1) is 20.5. The van der Waals surface area contributed by atoms with Crippen LogP contribution >= 0.6 is 11.8 Å². The number of benzene rings is 1. The zero-order chi connectivity index (χ0) is 20.6. The third-order valence-electron chi connectivity index (χ3n) is 3.93. The fourth-order valence-corrected chi connectivity index (χ4v) is 3.36. The average Bonchev–Trinajstić information content (AvgIpc) is 3.41. The number of hydrazone groups is 1. The lowest BCUT2D eigenvalue weighted by Gasteiger charge is -2.10. The lowest BCUT2D eigenvalue weighted by molar-refractivity contribution is -0.118. The molecule has 0 aliphatic heterocycles. The lowest BCUT2D eigenvalue weighted by atomic mass is 10.2. The molecule has 0 atom stereocenters. The maximum absolute atomic E-state index is 12.0. The summed E-state index contributed by atoms with van der Waals surface area (Å²) in [6, 6.07) is 9.04. The average molecular weight is 415 g/mol. The molecule has 1 aromatic carbocycles. The molecule has 0 aliphatic carbocycles. The standard InChI is InChI=1S/C19H21N5O4S/c1-4-24-18(13-7-8-15(26-2)16(10-13)27-3)22-23-19(24)29-12-17(25)21-20-11-14-6-5-9-28-14/h5-11H,4,12H2,1-3H3,(H,21,25)/b20-11-. The van der Waals surface area contributed by atoms with Gasteiger partial charge in [0.05, 0.1) is 32.5 Å². The van der Waals surface area contributed by atoms with Crippen LogP contribution in [0.4, 0.5) is 0 Å². The number of thioether (sulfide) groups is 1. The van der Waals surface area contributed by atoms with Crippen molar-refractivity contribution < 1.29 is 18.7 Å². The highest BCUT2D eigenvalue weighted by atomic mass is 32.2. The summed E-state index contributed by atoms with van der Waals surface area (Å²) in [5.74, 6) is 2.39. The van der Waals surface area contributed by atoms with Gasteiger partial charge in [0.25, 0.3) is 5.91 Å². The fourth-order valence-electron chi connectivity index (χ4n) is 2.56. The van der Waals surface area contributed by atoms with Gasteiger partial charge in [-0.25, -0.2) is 5.43 Å². The Morgan fingerprint density at radius 1 is 1.28 bits per heavy atom. The van der Waals surface area contributed by atoms with E-state index in [2.05, 4.69) is 20.7 Å². The molecule has 0 saturated heterocycles. The molecule has 0 spiro atoms. The van der Waals surface area contributed by atoms with Crippen molar-refractivity contribution in [1.82, 2.24) is 20.2 Å². The van der Waals surface area contributed by atoms with E-state index in [-0.39, 0.29) is 11.7 Å². The molecule has 0 unspecified atom stereocenters. The summed E-state index contributed by atoms with van der Waals surface area (Å²) in [7, 11) is 3.17. The number of carbonyl (C=O) groups is 1. The number of aromatic nitrogens is 3. The monoisotopic (exact) mass is 415 g/mol. The van der Waals surface area contributed by atoms with Crippen LogP contribution in [-0.4, -0.2) is 46.9 Å². The Kier molecular flexibility index (Phi) is 6.90. The molecular weight excluding hydrogens is 394 g/mol. The topological polar surface area (TPSA) is 104 Å². The van der Waals surface area contributed by atoms with Crippen molar-refractivity contribution in [3.8, 4) is 22.9 Å². The number of nitrogens with zero attached hydrogens (tertiary/aromatic N) is 4. The van der Waals surface area contributed by atoms with E-state index in [1.807, 2.05) is 29.7 Å². The minimum atomic E-state index is -0.254. The predicted molar refractivity (Wildman–Crippen MR) is 109 cm³/mol. The van der Waals surface area contributed by atoms with Crippen molar-refractivity contribution >= 4 is 23.9 Å². The fraction of sp³-hybridized carbons (Fsp3) is 0.263. The third-order valence-corrected chi connectivity index (χ3v) is 4.90. The number of carbonyl (C=O) groups excluding carboxylic acids is 1. The van der Waals surface area contributed by atoms with Crippen molar-refractivity contribution in [3.63, 3.8) is 0 Å². The quantitative estimate of drug-likeness (QED) is 0.326. The number of hydrogen-bond donors (Lipinski definition) is 1. The van der Waals surface area contributed by atoms with Gasteiger partial charge in [-0.3, -0.25) is 4.79 Å². The molecule has 152 valence electrons. The molecule has 9 nitrogen and oxygen atoms in total. The van der Waals surface area contributed by atoms with Crippen molar-refractivity contribution in [3.05, 3.63) is 42.4 Å². The van der Waals surface area contributed by atoms with Crippen molar-refractivity contribution in [2.24, 2.45) is 5.10 Å². The number of amides is 1. The van der Waals surface area contributed by atoms with Gasteiger partial charge in [-0.2, -0.15) is 5.10 Å². The van der Waals surface area contributed by atoms with Crippen molar-refractivity contribution in [2.75, 3.05) is 20.0 Å². The Balaban J connectivity index is 1.67. The van der Waals surface area contributed by atoms with Crippen LogP contribution in [0.2, 0.25) is 0 Å². The maximum atomic E-state index is 12.0. The molecule has 3 aromatic rings. The van der Waals surface area contributed by atoms with Crippen molar-refractivity contribution in [2.45, 2.75) is 18.6 Å². The number of ether oxygens (including phenoxy) is 2. The number of hydrogen-bond acceptors (Lipinski definition) is 8. The van der Waals surface area contributed by atoms with Gasteiger partial charge < -0.3 is 18.5 Å². The molecule has 0 aliphatic rings. The molecule has 2 aromatic heterocycles. The van der Waals surface area contributed by atoms with Crippen LogP contribution < -0.4 is 14.9 Å². The second kappa shape index (κ2) is 9.78. The van der Waals surface area contributed by atoms with Gasteiger partial charge in [-0.1, -0.05) is 11.8 Å². The summed E-state index contributed by atoms with van der Waals surface area (Å²) >= 11 is 1.28. The zero-order valence-corrected chi connectivity index (χ0v) is 17.1. The molecule has 0 bridgehead atoms. The van der Waals surface area contributed by atoms with Crippen LogP contribution in [0.15, 0.2) is 51.3 Å². The summed E-state index contributed by atoms with van der Waals surface area (Å²) in [6.45, 7) is 2.64. The van der Waals surface area contributed by atoms with E-state index < -0.39 is 0 Å². The van der Waals surface area contributed by atoms with Crippen LogP contribution in [0.5, 0.6) is 11.5 Å². The Morgan fingerprint density at radius 3 is 2.79 bits per heavy atom. The number of nitrogens with one attached hydrogen (secondary N) is 1. The van der Waals surface area contributed by atoms with E-state index in [1.54, 1.807) is 26.4 Å². The summed E-state index contributed by atoms with van der Waals surface area (Å²) in [4.78, 5) is 12.0. The van der Waals surface area contributed by atoms with Crippen LogP contribution in [0, 0.1) is 0 Å². The van der Waals surface area contributed by atoms with Gasteiger partial charge in [-0.15, -0.1) is 10.2 Å². The Labute approximate surface area is 172 Å². The highest BCUT2D eigenvalue weighted by molar-refractivity contribution is 7.99. The smallest absolute Gasteiger partial charge is 0.250 e. The molecule has 0 radical (unpaired) electrons. The minimum absolute atomic E-state index is 0.152. The molecule has 10 heteroatoms. The largest absolute Gasteiger partial charge is 0.493 e. The molecule has 0 saturated carbocycles. The van der Waals surface area contributed by atoms with E-state index in [1.165, 1.54) is 24.2 Å². The number of rotatable bonds is 9. The lowest BCUT2D eigenvalue weighted by Crippen LogP contribution is -2.20. The normalized spacial score (nSPS) is 11.0. The first-order valence-corrected chi connectivity index (χ1v) is 9.78. The van der Waals surface area contributed by atoms with Gasteiger partial charge in [0.2, 0.25) is 0 Å². The minimum Gasteiger partial charge on any atom is -0.493 e. The molecule has 0 fully saturated rings. The summed E-state index contributed by atoms with van der Waals surface area (Å²) in [5.41, 5.74) is 3.30. The van der Waals surface area contributed by atoms with E-state index in [9.17, 15) is 4.79 Å². The second-order valence-electron chi connectivity index (χ2n) is 5.72. The van der Waals surface area contributed by atoms with Crippen molar-refractivity contribution in [1.29, 1.82) is 0 Å². The van der Waals surface area contributed by atoms with Crippen LogP contribution in [0.1, 0.15) is 12.7 Å². The Hall–Kier alpha value is -3.27. The van der Waals surface area contributed by atoms with Gasteiger partial charge in [0.1, 0.15) is 5.76 Å². The SMILES string of the molecule is CCn1c(SCC(=O)N/N=C\c2ccco2)nnc1-c1ccc(OC)c(OC)c1.